The van der Waals surface area contributed by atoms with Crippen molar-refractivity contribution in [2.24, 2.45) is 5.92 Å². The molecule has 1 aliphatic carbocycles. The van der Waals surface area contributed by atoms with Gasteiger partial charge in [-0.1, -0.05) is 6.07 Å². The van der Waals surface area contributed by atoms with Gasteiger partial charge in [0.05, 0.1) is 5.92 Å². The molecule has 0 saturated heterocycles. The summed E-state index contributed by atoms with van der Waals surface area (Å²) in [6.45, 7) is 3.13. The zero-order valence-corrected chi connectivity index (χ0v) is 13.2. The molecule has 1 aromatic rings. The summed E-state index contributed by atoms with van der Waals surface area (Å²) < 4.78 is 49.2. The van der Waals surface area contributed by atoms with E-state index in [0.29, 0.717) is 26.1 Å². The Bertz CT molecular complexity index is 539. The Hall–Kier alpha value is -1.43. The van der Waals surface area contributed by atoms with Crippen molar-refractivity contribution in [2.45, 2.75) is 50.9 Å². The van der Waals surface area contributed by atoms with Crippen LogP contribution in [0.25, 0.3) is 0 Å². The van der Waals surface area contributed by atoms with Gasteiger partial charge < -0.3 is 14.8 Å². The van der Waals surface area contributed by atoms with Crippen molar-refractivity contribution in [1.82, 2.24) is 5.32 Å². The SMILES string of the molecule is CC(NC1CCC(C(F)(F)F)CC1)c1ccc2c(c1)OCCO2. The topological polar surface area (TPSA) is 30.5 Å². The predicted octanol–water partition coefficient (Wildman–Crippen LogP) is 4.23. The van der Waals surface area contributed by atoms with Crippen LogP contribution in [-0.4, -0.2) is 25.4 Å². The van der Waals surface area contributed by atoms with Crippen molar-refractivity contribution < 1.29 is 22.6 Å². The van der Waals surface area contributed by atoms with Crippen molar-refractivity contribution >= 4 is 0 Å². The number of halogens is 3. The van der Waals surface area contributed by atoms with Crippen molar-refractivity contribution in [1.29, 1.82) is 0 Å². The van der Waals surface area contributed by atoms with Crippen molar-refractivity contribution in [3.05, 3.63) is 23.8 Å². The van der Waals surface area contributed by atoms with Crippen molar-refractivity contribution in [3.63, 3.8) is 0 Å². The highest BCUT2D eigenvalue weighted by molar-refractivity contribution is 5.44. The highest BCUT2D eigenvalue weighted by atomic mass is 19.4. The average Bonchev–Trinajstić information content (AvgIpc) is 2.54. The van der Waals surface area contributed by atoms with E-state index in [1.165, 1.54) is 0 Å². The molecule has 23 heavy (non-hydrogen) atoms. The monoisotopic (exact) mass is 329 g/mol. The third kappa shape index (κ3) is 3.91. The number of benzene rings is 1. The molecular weight excluding hydrogens is 307 g/mol. The van der Waals surface area contributed by atoms with Crippen LogP contribution in [0.3, 0.4) is 0 Å². The van der Waals surface area contributed by atoms with Crippen LogP contribution in [0.4, 0.5) is 13.2 Å². The first-order valence-corrected chi connectivity index (χ1v) is 8.16. The molecule has 1 unspecified atom stereocenters. The summed E-state index contributed by atoms with van der Waals surface area (Å²) in [5.41, 5.74) is 1.06. The van der Waals surface area contributed by atoms with Crippen molar-refractivity contribution in [3.8, 4) is 11.5 Å². The molecule has 0 bridgehead atoms. The fraction of sp³-hybridized carbons (Fsp3) is 0.647. The molecule has 0 spiro atoms. The molecule has 1 fully saturated rings. The molecular formula is C17H22F3NO2. The van der Waals surface area contributed by atoms with Gasteiger partial charge in [-0.15, -0.1) is 0 Å². The summed E-state index contributed by atoms with van der Waals surface area (Å²) >= 11 is 0. The van der Waals surface area contributed by atoms with E-state index in [1.54, 1.807) is 0 Å². The number of rotatable bonds is 3. The summed E-state index contributed by atoms with van der Waals surface area (Å²) in [5.74, 6) is 0.353. The second kappa shape index (κ2) is 6.59. The Morgan fingerprint density at radius 1 is 1.04 bits per heavy atom. The molecule has 0 amide bonds. The zero-order chi connectivity index (χ0) is 16.4. The van der Waals surface area contributed by atoms with Gasteiger partial charge in [0.15, 0.2) is 11.5 Å². The number of ether oxygens (including phenoxy) is 2. The standard InChI is InChI=1S/C17H22F3NO2/c1-11(12-2-7-15-16(10-12)23-9-8-22-15)21-14-5-3-13(4-6-14)17(18,19)20/h2,7,10-11,13-14,21H,3-6,8-9H2,1H3. The maximum Gasteiger partial charge on any atom is 0.391 e. The lowest BCUT2D eigenvalue weighted by Gasteiger charge is -2.32. The summed E-state index contributed by atoms with van der Waals surface area (Å²) in [4.78, 5) is 0. The van der Waals surface area contributed by atoms with Crippen LogP contribution >= 0.6 is 0 Å². The minimum absolute atomic E-state index is 0.0678. The van der Waals surface area contributed by atoms with Crippen LogP contribution in [0.5, 0.6) is 11.5 Å². The number of hydrogen-bond donors (Lipinski definition) is 1. The zero-order valence-electron chi connectivity index (χ0n) is 13.2. The smallest absolute Gasteiger partial charge is 0.391 e. The molecule has 1 atom stereocenters. The first-order valence-electron chi connectivity index (χ1n) is 8.16. The molecule has 1 N–H and O–H groups in total. The first kappa shape index (κ1) is 16.4. The normalized spacial score (nSPS) is 25.9. The van der Waals surface area contributed by atoms with E-state index in [0.717, 1.165) is 17.1 Å². The van der Waals surface area contributed by atoms with Crippen LogP contribution in [0.2, 0.25) is 0 Å². The van der Waals surface area contributed by atoms with E-state index in [4.69, 9.17) is 9.47 Å². The van der Waals surface area contributed by atoms with E-state index >= 15 is 0 Å². The van der Waals surface area contributed by atoms with E-state index in [2.05, 4.69) is 5.32 Å². The molecule has 1 aliphatic heterocycles. The molecule has 128 valence electrons. The average molecular weight is 329 g/mol. The summed E-state index contributed by atoms with van der Waals surface area (Å²) in [6.07, 6.45) is -2.48. The van der Waals surface area contributed by atoms with E-state index in [9.17, 15) is 13.2 Å². The van der Waals surface area contributed by atoms with Crippen LogP contribution in [0.1, 0.15) is 44.2 Å². The van der Waals surface area contributed by atoms with Gasteiger partial charge in [-0.25, -0.2) is 0 Å². The minimum atomic E-state index is -4.05. The van der Waals surface area contributed by atoms with Crippen LogP contribution in [0, 0.1) is 5.92 Å². The lowest BCUT2D eigenvalue weighted by Crippen LogP contribution is -2.38. The third-order valence-corrected chi connectivity index (χ3v) is 4.74. The number of fused-ring (bicyclic) bond motifs is 1. The van der Waals surface area contributed by atoms with Crippen molar-refractivity contribution in [2.75, 3.05) is 13.2 Å². The van der Waals surface area contributed by atoms with Gasteiger partial charge in [0.2, 0.25) is 0 Å². The number of nitrogens with one attached hydrogen (secondary N) is 1. The largest absolute Gasteiger partial charge is 0.486 e. The quantitative estimate of drug-likeness (QED) is 0.900. The summed E-state index contributed by atoms with van der Waals surface area (Å²) in [5, 5.41) is 3.45. The molecule has 1 heterocycles. The Morgan fingerprint density at radius 3 is 2.35 bits per heavy atom. The van der Waals surface area contributed by atoms with E-state index in [-0.39, 0.29) is 24.9 Å². The Kier molecular flexibility index (Phi) is 4.71. The molecule has 3 rings (SSSR count). The van der Waals surface area contributed by atoms with Gasteiger partial charge in [-0.2, -0.15) is 13.2 Å². The molecule has 6 heteroatoms. The van der Waals surface area contributed by atoms with E-state index in [1.807, 2.05) is 25.1 Å². The maximum atomic E-state index is 12.7. The van der Waals surface area contributed by atoms with Gasteiger partial charge >= 0.3 is 6.18 Å². The van der Waals surface area contributed by atoms with Crippen LogP contribution in [0.15, 0.2) is 18.2 Å². The fourth-order valence-corrected chi connectivity index (χ4v) is 3.37. The number of hydrogen-bond acceptors (Lipinski definition) is 3. The van der Waals surface area contributed by atoms with Crippen LogP contribution < -0.4 is 14.8 Å². The Balaban J connectivity index is 1.57. The molecule has 3 nitrogen and oxygen atoms in total. The fourth-order valence-electron chi connectivity index (χ4n) is 3.37. The maximum absolute atomic E-state index is 12.7. The van der Waals surface area contributed by atoms with Gasteiger partial charge in [0.1, 0.15) is 13.2 Å². The lowest BCUT2D eigenvalue weighted by molar-refractivity contribution is -0.182. The molecule has 0 radical (unpaired) electrons. The molecule has 2 aliphatic rings. The predicted molar refractivity (Wildman–Crippen MR) is 80.8 cm³/mol. The van der Waals surface area contributed by atoms with E-state index < -0.39 is 12.1 Å². The second-order valence-corrected chi connectivity index (χ2v) is 6.38. The van der Waals surface area contributed by atoms with Gasteiger partial charge in [-0.05, 0) is 50.3 Å². The number of alkyl halides is 3. The molecule has 1 saturated carbocycles. The second-order valence-electron chi connectivity index (χ2n) is 6.38. The van der Waals surface area contributed by atoms with Gasteiger partial charge in [0, 0.05) is 12.1 Å². The Morgan fingerprint density at radius 2 is 1.70 bits per heavy atom. The van der Waals surface area contributed by atoms with Gasteiger partial charge in [-0.3, -0.25) is 0 Å². The first-order chi connectivity index (χ1) is 10.9. The van der Waals surface area contributed by atoms with Gasteiger partial charge in [0.25, 0.3) is 0 Å². The Labute approximate surface area is 134 Å². The molecule has 1 aromatic carbocycles. The summed E-state index contributed by atoms with van der Waals surface area (Å²) in [7, 11) is 0. The third-order valence-electron chi connectivity index (χ3n) is 4.74. The molecule has 0 aromatic heterocycles. The highest BCUT2D eigenvalue weighted by Crippen LogP contribution is 2.38. The lowest BCUT2D eigenvalue weighted by atomic mass is 9.85. The highest BCUT2D eigenvalue weighted by Gasteiger charge is 2.41. The minimum Gasteiger partial charge on any atom is -0.486 e. The summed E-state index contributed by atoms with van der Waals surface area (Å²) in [6, 6.07) is 6.03. The van der Waals surface area contributed by atoms with Crippen LogP contribution in [-0.2, 0) is 0 Å².